The SMILES string of the molecule is C=C1C(C)=CC(C)=CN1CC(F)(F)F. The first-order chi connectivity index (χ1) is 6.29. The Hall–Kier alpha value is -1.19. The predicted molar refractivity (Wildman–Crippen MR) is 49.4 cm³/mol. The van der Waals surface area contributed by atoms with Gasteiger partial charge in [-0.15, -0.1) is 0 Å². The van der Waals surface area contributed by atoms with Gasteiger partial charge in [-0.2, -0.15) is 13.2 Å². The van der Waals surface area contributed by atoms with E-state index in [1.54, 1.807) is 13.8 Å². The third kappa shape index (κ3) is 2.65. The standard InChI is InChI=1S/C10H12F3N/c1-7-4-8(2)9(3)14(5-7)6-10(11,12)13/h4-5H,3,6H2,1-2H3. The van der Waals surface area contributed by atoms with Crippen LogP contribution in [-0.4, -0.2) is 17.6 Å². The molecular weight excluding hydrogens is 191 g/mol. The van der Waals surface area contributed by atoms with Gasteiger partial charge in [0.25, 0.3) is 0 Å². The molecule has 14 heavy (non-hydrogen) atoms. The number of halogens is 3. The lowest BCUT2D eigenvalue weighted by Gasteiger charge is -2.28. The van der Waals surface area contributed by atoms with Crippen LogP contribution in [0.2, 0.25) is 0 Å². The highest BCUT2D eigenvalue weighted by Gasteiger charge is 2.31. The molecule has 1 nitrogen and oxygen atoms in total. The van der Waals surface area contributed by atoms with E-state index in [0.717, 1.165) is 16.0 Å². The summed E-state index contributed by atoms with van der Waals surface area (Å²) in [6, 6.07) is 0. The van der Waals surface area contributed by atoms with Gasteiger partial charge < -0.3 is 4.90 Å². The van der Waals surface area contributed by atoms with Crippen LogP contribution in [0.15, 0.2) is 35.7 Å². The maximum absolute atomic E-state index is 12.1. The van der Waals surface area contributed by atoms with Gasteiger partial charge in [0.15, 0.2) is 0 Å². The van der Waals surface area contributed by atoms with Crippen molar-refractivity contribution in [1.82, 2.24) is 4.90 Å². The number of rotatable bonds is 1. The smallest absolute Gasteiger partial charge is 0.339 e. The lowest BCUT2D eigenvalue weighted by molar-refractivity contribution is -0.137. The van der Waals surface area contributed by atoms with Gasteiger partial charge in [-0.1, -0.05) is 12.7 Å². The van der Waals surface area contributed by atoms with E-state index in [2.05, 4.69) is 6.58 Å². The number of hydrogen-bond donors (Lipinski definition) is 0. The minimum absolute atomic E-state index is 0.410. The van der Waals surface area contributed by atoms with Gasteiger partial charge in [-0.25, -0.2) is 0 Å². The van der Waals surface area contributed by atoms with Crippen LogP contribution in [0.4, 0.5) is 13.2 Å². The quantitative estimate of drug-likeness (QED) is 0.632. The molecule has 0 atom stereocenters. The van der Waals surface area contributed by atoms with E-state index in [1.165, 1.54) is 6.20 Å². The van der Waals surface area contributed by atoms with E-state index in [1.807, 2.05) is 6.08 Å². The molecule has 1 heterocycles. The molecule has 1 aliphatic heterocycles. The van der Waals surface area contributed by atoms with Crippen LogP contribution in [0.3, 0.4) is 0 Å². The fourth-order valence-electron chi connectivity index (χ4n) is 1.35. The predicted octanol–water partition coefficient (Wildman–Crippen LogP) is 3.23. The summed E-state index contributed by atoms with van der Waals surface area (Å²) in [5.74, 6) is 0. The zero-order valence-electron chi connectivity index (χ0n) is 8.15. The topological polar surface area (TPSA) is 3.24 Å². The van der Waals surface area contributed by atoms with Crippen molar-refractivity contribution in [3.8, 4) is 0 Å². The number of hydrogen-bond acceptors (Lipinski definition) is 1. The fraction of sp³-hybridized carbons (Fsp3) is 0.400. The molecule has 0 N–H and O–H groups in total. The molecule has 78 valence electrons. The van der Waals surface area contributed by atoms with Crippen LogP contribution in [-0.2, 0) is 0 Å². The van der Waals surface area contributed by atoms with Crippen molar-refractivity contribution in [2.24, 2.45) is 0 Å². The summed E-state index contributed by atoms with van der Waals surface area (Å²) >= 11 is 0. The highest BCUT2D eigenvalue weighted by Crippen LogP contribution is 2.26. The van der Waals surface area contributed by atoms with Crippen molar-refractivity contribution in [2.45, 2.75) is 20.0 Å². The average molecular weight is 203 g/mol. The number of nitrogens with zero attached hydrogens (tertiary/aromatic N) is 1. The lowest BCUT2D eigenvalue weighted by Crippen LogP contribution is -2.31. The largest absolute Gasteiger partial charge is 0.406 e. The van der Waals surface area contributed by atoms with E-state index in [9.17, 15) is 13.2 Å². The number of allylic oxidation sites excluding steroid dienone is 3. The molecule has 0 unspecified atom stereocenters. The van der Waals surface area contributed by atoms with Crippen molar-refractivity contribution < 1.29 is 13.2 Å². The van der Waals surface area contributed by atoms with Crippen molar-refractivity contribution in [2.75, 3.05) is 6.54 Å². The lowest BCUT2D eigenvalue weighted by atomic mass is 10.1. The molecule has 0 spiro atoms. The highest BCUT2D eigenvalue weighted by molar-refractivity contribution is 5.38. The minimum Gasteiger partial charge on any atom is -0.339 e. The Kier molecular flexibility index (Phi) is 2.73. The molecular formula is C10H12F3N. The first-order valence-electron chi connectivity index (χ1n) is 4.19. The first kappa shape index (κ1) is 10.9. The third-order valence-electron chi connectivity index (χ3n) is 1.96. The fourth-order valence-corrected chi connectivity index (χ4v) is 1.35. The summed E-state index contributed by atoms with van der Waals surface area (Å²) in [6.45, 7) is 6.15. The molecule has 0 radical (unpaired) electrons. The molecule has 4 heteroatoms. The molecule has 0 aromatic heterocycles. The van der Waals surface area contributed by atoms with Crippen LogP contribution in [0.5, 0.6) is 0 Å². The molecule has 0 aliphatic carbocycles. The second-order valence-electron chi connectivity index (χ2n) is 3.39. The summed E-state index contributed by atoms with van der Waals surface area (Å²) in [7, 11) is 0. The van der Waals surface area contributed by atoms with Crippen molar-refractivity contribution >= 4 is 0 Å². The van der Waals surface area contributed by atoms with E-state index in [0.29, 0.717) is 5.70 Å². The maximum atomic E-state index is 12.1. The molecule has 0 aromatic rings. The van der Waals surface area contributed by atoms with Gasteiger partial charge in [0.1, 0.15) is 6.54 Å². The van der Waals surface area contributed by atoms with E-state index < -0.39 is 12.7 Å². The van der Waals surface area contributed by atoms with Crippen LogP contribution in [0, 0.1) is 0 Å². The molecule has 0 saturated carbocycles. The van der Waals surface area contributed by atoms with Crippen LogP contribution >= 0.6 is 0 Å². The molecule has 0 saturated heterocycles. The monoisotopic (exact) mass is 203 g/mol. The molecule has 1 aliphatic rings. The van der Waals surface area contributed by atoms with Crippen LogP contribution < -0.4 is 0 Å². The molecule has 0 amide bonds. The van der Waals surface area contributed by atoms with Crippen molar-refractivity contribution in [3.63, 3.8) is 0 Å². The summed E-state index contributed by atoms with van der Waals surface area (Å²) in [4.78, 5) is 1.13. The van der Waals surface area contributed by atoms with Gasteiger partial charge in [0.2, 0.25) is 0 Å². The zero-order chi connectivity index (χ0) is 10.9. The highest BCUT2D eigenvalue weighted by atomic mass is 19.4. The molecule has 0 fully saturated rings. The van der Waals surface area contributed by atoms with Crippen molar-refractivity contribution in [3.05, 3.63) is 35.7 Å². The Bertz CT molecular complexity index is 310. The van der Waals surface area contributed by atoms with Gasteiger partial charge in [0, 0.05) is 11.9 Å². The second-order valence-corrected chi connectivity index (χ2v) is 3.39. The Balaban J connectivity index is 2.82. The second kappa shape index (κ2) is 3.52. The summed E-state index contributed by atoms with van der Waals surface area (Å²) in [5, 5.41) is 0. The van der Waals surface area contributed by atoms with E-state index >= 15 is 0 Å². The van der Waals surface area contributed by atoms with Gasteiger partial charge in [-0.3, -0.25) is 0 Å². The minimum atomic E-state index is -4.20. The van der Waals surface area contributed by atoms with E-state index in [-0.39, 0.29) is 0 Å². The Morgan fingerprint density at radius 1 is 1.36 bits per heavy atom. The van der Waals surface area contributed by atoms with Crippen LogP contribution in [0.1, 0.15) is 13.8 Å². The van der Waals surface area contributed by atoms with Gasteiger partial charge >= 0.3 is 6.18 Å². The normalized spacial score (nSPS) is 18.1. The Labute approximate surface area is 81.2 Å². The number of alkyl halides is 3. The van der Waals surface area contributed by atoms with Crippen molar-refractivity contribution in [1.29, 1.82) is 0 Å². The summed E-state index contributed by atoms with van der Waals surface area (Å²) in [6.07, 6.45) is -0.921. The molecule has 1 rings (SSSR count). The molecule has 0 bridgehead atoms. The van der Waals surface area contributed by atoms with Gasteiger partial charge in [-0.05, 0) is 25.0 Å². The first-order valence-corrected chi connectivity index (χ1v) is 4.19. The average Bonchev–Trinajstić information content (AvgIpc) is 1.96. The third-order valence-corrected chi connectivity index (χ3v) is 1.96. The summed E-state index contributed by atoms with van der Waals surface area (Å²) in [5.41, 5.74) is 1.99. The summed E-state index contributed by atoms with van der Waals surface area (Å²) < 4.78 is 36.4. The molecule has 0 aromatic carbocycles. The maximum Gasteiger partial charge on any atom is 0.406 e. The Morgan fingerprint density at radius 2 is 1.93 bits per heavy atom. The van der Waals surface area contributed by atoms with Crippen LogP contribution in [0.25, 0.3) is 0 Å². The van der Waals surface area contributed by atoms with Gasteiger partial charge in [0.05, 0.1) is 0 Å². The van der Waals surface area contributed by atoms with E-state index in [4.69, 9.17) is 0 Å². The zero-order valence-corrected chi connectivity index (χ0v) is 8.15. The Morgan fingerprint density at radius 3 is 2.43 bits per heavy atom.